The van der Waals surface area contributed by atoms with Crippen LogP contribution in [-0.4, -0.2) is 42.0 Å². The van der Waals surface area contributed by atoms with Gasteiger partial charge in [0.15, 0.2) is 0 Å². The lowest BCUT2D eigenvalue weighted by molar-refractivity contribution is -0.133. The number of carboxylic acids is 1. The zero-order chi connectivity index (χ0) is 13.0. The summed E-state index contributed by atoms with van der Waals surface area (Å²) in [6.07, 6.45) is 3.39. The van der Waals surface area contributed by atoms with Crippen LogP contribution < -0.4 is 0 Å². The van der Waals surface area contributed by atoms with Crippen molar-refractivity contribution in [2.45, 2.75) is 18.1 Å². The second-order valence-corrected chi connectivity index (χ2v) is 4.49. The molecule has 1 unspecified atom stereocenters. The monoisotopic (exact) mass is 265 g/mol. The highest BCUT2D eigenvalue weighted by Crippen LogP contribution is 2.22. The second kappa shape index (κ2) is 5.58. The van der Waals surface area contributed by atoms with Crippen molar-refractivity contribution in [1.82, 2.24) is 25.2 Å². The first-order valence-electron chi connectivity index (χ1n) is 5.21. The van der Waals surface area contributed by atoms with Crippen LogP contribution in [0, 0.1) is 0 Å². The van der Waals surface area contributed by atoms with Crippen LogP contribution in [-0.2, 0) is 4.79 Å². The van der Waals surface area contributed by atoms with Crippen LogP contribution >= 0.6 is 11.8 Å². The molecule has 1 N–H and O–H groups in total. The van der Waals surface area contributed by atoms with Crippen LogP contribution in [0.25, 0.3) is 0 Å². The molecule has 2 heterocycles. The van der Waals surface area contributed by atoms with Gasteiger partial charge in [0.05, 0.1) is 11.8 Å². The van der Waals surface area contributed by atoms with Crippen molar-refractivity contribution in [2.24, 2.45) is 0 Å². The van der Waals surface area contributed by atoms with Crippen molar-refractivity contribution >= 4 is 17.7 Å². The predicted octanol–water partition coefficient (Wildman–Crippen LogP) is 0.854. The Morgan fingerprint density at radius 1 is 1.50 bits per heavy atom. The molecule has 0 bridgehead atoms. The van der Waals surface area contributed by atoms with Crippen molar-refractivity contribution in [1.29, 1.82) is 0 Å². The van der Waals surface area contributed by atoms with Gasteiger partial charge in [-0.2, -0.15) is 0 Å². The fourth-order valence-electron chi connectivity index (χ4n) is 1.43. The molecule has 0 saturated heterocycles. The molecule has 0 spiro atoms. The minimum atomic E-state index is -0.897. The van der Waals surface area contributed by atoms with Gasteiger partial charge in [-0.15, -0.1) is 5.10 Å². The summed E-state index contributed by atoms with van der Waals surface area (Å²) in [4.78, 5) is 14.5. The van der Waals surface area contributed by atoms with Gasteiger partial charge in [0.1, 0.15) is 0 Å². The van der Waals surface area contributed by atoms with Crippen molar-refractivity contribution in [3.63, 3.8) is 0 Å². The van der Waals surface area contributed by atoms with E-state index in [0.717, 1.165) is 17.3 Å². The van der Waals surface area contributed by atoms with Crippen molar-refractivity contribution < 1.29 is 9.90 Å². The van der Waals surface area contributed by atoms with E-state index in [1.165, 1.54) is 0 Å². The van der Waals surface area contributed by atoms with Crippen LogP contribution in [0.15, 0.2) is 29.7 Å². The highest BCUT2D eigenvalue weighted by atomic mass is 32.2. The molecule has 18 heavy (non-hydrogen) atoms. The van der Waals surface area contributed by atoms with Gasteiger partial charge in [0.2, 0.25) is 5.16 Å². The number of aromatic nitrogens is 5. The molecular formula is C10H11N5O2S. The highest BCUT2D eigenvalue weighted by molar-refractivity contribution is 7.99. The molecule has 1 atom stereocenters. The van der Waals surface area contributed by atoms with Crippen LogP contribution in [0.5, 0.6) is 0 Å². The average molecular weight is 265 g/mol. The second-order valence-electron chi connectivity index (χ2n) is 3.54. The molecule has 0 aliphatic rings. The number of pyridine rings is 1. The number of thioether (sulfide) groups is 1. The van der Waals surface area contributed by atoms with E-state index in [9.17, 15) is 4.79 Å². The van der Waals surface area contributed by atoms with Gasteiger partial charge in [-0.1, -0.05) is 11.8 Å². The molecule has 2 rings (SSSR count). The topological polar surface area (TPSA) is 93.8 Å². The number of rotatable bonds is 5. The maximum absolute atomic E-state index is 10.5. The number of nitrogens with zero attached hydrogens (tertiary/aromatic N) is 5. The Bertz CT molecular complexity index is 530. The third kappa shape index (κ3) is 2.83. The van der Waals surface area contributed by atoms with E-state index in [1.54, 1.807) is 17.1 Å². The predicted molar refractivity (Wildman–Crippen MR) is 64.2 cm³/mol. The molecule has 0 amide bonds. The lowest BCUT2D eigenvalue weighted by atomic mass is 10.1. The van der Waals surface area contributed by atoms with E-state index in [-0.39, 0.29) is 11.8 Å². The molecule has 0 aliphatic heterocycles. The summed E-state index contributed by atoms with van der Waals surface area (Å²) >= 11 is 1.10. The number of tetrazole rings is 1. The quantitative estimate of drug-likeness (QED) is 0.801. The molecule has 2 aromatic rings. The lowest BCUT2D eigenvalue weighted by Gasteiger charge is -2.12. The molecular weight excluding hydrogens is 254 g/mol. The van der Waals surface area contributed by atoms with Crippen molar-refractivity contribution in [3.05, 3.63) is 30.1 Å². The molecule has 0 fully saturated rings. The number of carboxylic acid groups (broad SMARTS) is 1. The van der Waals surface area contributed by atoms with Gasteiger partial charge < -0.3 is 5.11 Å². The normalized spacial score (nSPS) is 12.3. The van der Waals surface area contributed by atoms with Gasteiger partial charge in [0, 0.05) is 12.4 Å². The van der Waals surface area contributed by atoms with E-state index in [2.05, 4.69) is 20.5 Å². The van der Waals surface area contributed by atoms with Crippen LogP contribution in [0.4, 0.5) is 0 Å². The highest BCUT2D eigenvalue weighted by Gasteiger charge is 2.15. The fourth-order valence-corrected chi connectivity index (χ4v) is 2.11. The lowest BCUT2D eigenvalue weighted by Crippen LogP contribution is -2.11. The molecule has 7 nitrogen and oxygen atoms in total. The summed E-state index contributed by atoms with van der Waals surface area (Å²) in [5.74, 6) is -0.963. The Labute approximate surface area is 107 Å². The van der Waals surface area contributed by atoms with E-state index in [1.807, 2.05) is 19.1 Å². The van der Waals surface area contributed by atoms with Gasteiger partial charge >= 0.3 is 5.97 Å². The van der Waals surface area contributed by atoms with Crippen LogP contribution in [0.2, 0.25) is 0 Å². The molecule has 8 heteroatoms. The smallest absolute Gasteiger partial charge is 0.313 e. The van der Waals surface area contributed by atoms with E-state index in [4.69, 9.17) is 5.11 Å². The maximum atomic E-state index is 10.5. The summed E-state index contributed by atoms with van der Waals surface area (Å²) in [5, 5.41) is 20.4. The number of aliphatic carboxylic acids is 1. The third-order valence-corrected chi connectivity index (χ3v) is 3.26. The Morgan fingerprint density at radius 2 is 2.22 bits per heavy atom. The van der Waals surface area contributed by atoms with Crippen LogP contribution in [0.1, 0.15) is 18.5 Å². The number of hydrogen-bond donors (Lipinski definition) is 1. The standard InChI is InChI=1S/C10H11N5O2S/c1-7(8-2-4-11-5-3-8)15-10(12-13-14-15)18-6-9(16)17/h2-5,7H,6H2,1H3,(H,16,17). The Balaban J connectivity index is 2.18. The Kier molecular flexibility index (Phi) is 3.88. The zero-order valence-corrected chi connectivity index (χ0v) is 10.4. The number of hydrogen-bond acceptors (Lipinski definition) is 6. The minimum absolute atomic E-state index is 0.0660. The molecule has 0 saturated carbocycles. The van der Waals surface area contributed by atoms with E-state index < -0.39 is 5.97 Å². The third-order valence-electron chi connectivity index (χ3n) is 2.34. The Hall–Kier alpha value is -1.96. The Morgan fingerprint density at radius 3 is 2.89 bits per heavy atom. The molecule has 94 valence electrons. The molecule has 0 aliphatic carbocycles. The van der Waals surface area contributed by atoms with Gasteiger partial charge in [-0.3, -0.25) is 9.78 Å². The first kappa shape index (κ1) is 12.5. The summed E-state index contributed by atoms with van der Waals surface area (Å²) in [6.45, 7) is 1.94. The first-order valence-corrected chi connectivity index (χ1v) is 6.19. The van der Waals surface area contributed by atoms with Gasteiger partial charge in [-0.25, -0.2) is 4.68 Å². The maximum Gasteiger partial charge on any atom is 0.313 e. The summed E-state index contributed by atoms with van der Waals surface area (Å²) in [7, 11) is 0. The van der Waals surface area contributed by atoms with E-state index >= 15 is 0 Å². The fraction of sp³-hybridized carbons (Fsp3) is 0.300. The zero-order valence-electron chi connectivity index (χ0n) is 9.59. The van der Waals surface area contributed by atoms with Crippen molar-refractivity contribution in [2.75, 3.05) is 5.75 Å². The first-order chi connectivity index (χ1) is 8.68. The molecule has 0 aromatic carbocycles. The summed E-state index contributed by atoms with van der Waals surface area (Å²) < 4.78 is 1.60. The SMILES string of the molecule is CC(c1ccncc1)n1nnnc1SCC(=O)O. The minimum Gasteiger partial charge on any atom is -0.481 e. The van der Waals surface area contributed by atoms with E-state index in [0.29, 0.717) is 5.16 Å². The van der Waals surface area contributed by atoms with Crippen molar-refractivity contribution in [3.8, 4) is 0 Å². The average Bonchev–Trinajstić information content (AvgIpc) is 2.85. The van der Waals surface area contributed by atoms with Gasteiger partial charge in [0.25, 0.3) is 0 Å². The largest absolute Gasteiger partial charge is 0.481 e. The number of carbonyl (C=O) groups is 1. The summed E-state index contributed by atoms with van der Waals surface area (Å²) in [6, 6.07) is 3.68. The summed E-state index contributed by atoms with van der Waals surface area (Å²) in [5.41, 5.74) is 1.01. The van der Waals surface area contributed by atoms with Crippen LogP contribution in [0.3, 0.4) is 0 Å². The van der Waals surface area contributed by atoms with Gasteiger partial charge in [-0.05, 0) is 35.0 Å². The molecule has 2 aromatic heterocycles. The molecule has 0 radical (unpaired) electrons.